The van der Waals surface area contributed by atoms with Crippen molar-refractivity contribution < 1.29 is 9.59 Å². The highest BCUT2D eigenvalue weighted by Gasteiger charge is 2.34. The van der Waals surface area contributed by atoms with Gasteiger partial charge in [0.15, 0.2) is 11.6 Å². The Balaban J connectivity index is 1.98. The van der Waals surface area contributed by atoms with Crippen molar-refractivity contribution in [1.29, 1.82) is 0 Å². The Labute approximate surface area is 130 Å². The quantitative estimate of drug-likeness (QED) is 0.625. The van der Waals surface area contributed by atoms with E-state index in [-0.39, 0.29) is 17.0 Å². The van der Waals surface area contributed by atoms with E-state index in [0.717, 1.165) is 19.3 Å². The van der Waals surface area contributed by atoms with Gasteiger partial charge in [-0.3, -0.25) is 9.59 Å². The van der Waals surface area contributed by atoms with Crippen LogP contribution >= 0.6 is 0 Å². The van der Waals surface area contributed by atoms with Crippen LogP contribution in [0.5, 0.6) is 0 Å². The summed E-state index contributed by atoms with van der Waals surface area (Å²) in [4.78, 5) is 25.5. The first-order valence-corrected chi connectivity index (χ1v) is 7.85. The molecule has 2 aliphatic rings. The first-order valence-electron chi connectivity index (χ1n) is 7.85. The molecular formula is C20H18O2. The predicted molar refractivity (Wildman–Crippen MR) is 85.7 cm³/mol. The van der Waals surface area contributed by atoms with Crippen molar-refractivity contribution in [2.24, 2.45) is 0 Å². The molecule has 2 aromatic carbocycles. The van der Waals surface area contributed by atoms with Gasteiger partial charge in [-0.2, -0.15) is 0 Å². The van der Waals surface area contributed by atoms with Crippen LogP contribution in [0, 0.1) is 0 Å². The molecule has 0 radical (unpaired) electrons. The molecule has 2 aromatic rings. The molecule has 0 unspecified atom stereocenters. The molecule has 22 heavy (non-hydrogen) atoms. The maximum absolute atomic E-state index is 12.8. The third kappa shape index (κ3) is 1.73. The highest BCUT2D eigenvalue weighted by Crippen LogP contribution is 2.40. The van der Waals surface area contributed by atoms with Gasteiger partial charge in [-0.1, -0.05) is 38.1 Å². The number of aryl methyl sites for hydroxylation is 1. The zero-order valence-corrected chi connectivity index (χ0v) is 12.9. The number of benzene rings is 2. The second-order valence-electron chi connectivity index (χ2n) is 7.00. The van der Waals surface area contributed by atoms with E-state index in [1.807, 2.05) is 24.3 Å². The van der Waals surface area contributed by atoms with Crippen molar-refractivity contribution in [3.8, 4) is 0 Å². The molecule has 0 aromatic heterocycles. The molecule has 2 nitrogen and oxygen atoms in total. The monoisotopic (exact) mass is 290 g/mol. The Kier molecular flexibility index (Phi) is 2.68. The number of carbonyl (C=O) groups excluding carboxylic acids is 2. The zero-order chi connectivity index (χ0) is 15.5. The van der Waals surface area contributed by atoms with E-state index < -0.39 is 0 Å². The summed E-state index contributed by atoms with van der Waals surface area (Å²) < 4.78 is 0. The zero-order valence-electron chi connectivity index (χ0n) is 12.9. The maximum Gasteiger partial charge on any atom is 0.194 e. The van der Waals surface area contributed by atoms with Gasteiger partial charge in [-0.15, -0.1) is 0 Å². The molecule has 0 saturated carbocycles. The lowest BCUT2D eigenvalue weighted by Crippen LogP contribution is -2.27. The third-order valence-electron chi connectivity index (χ3n) is 5.13. The number of carbonyl (C=O) groups is 2. The minimum Gasteiger partial charge on any atom is -0.289 e. The number of ketones is 2. The van der Waals surface area contributed by atoms with Gasteiger partial charge in [0.1, 0.15) is 0 Å². The normalized spacial score (nSPS) is 18.5. The molecule has 0 amide bonds. The molecule has 4 rings (SSSR count). The van der Waals surface area contributed by atoms with Gasteiger partial charge >= 0.3 is 0 Å². The highest BCUT2D eigenvalue weighted by atomic mass is 16.1. The van der Waals surface area contributed by atoms with Crippen LogP contribution < -0.4 is 0 Å². The Morgan fingerprint density at radius 1 is 0.864 bits per heavy atom. The molecule has 0 heterocycles. The number of hydrogen-bond donors (Lipinski definition) is 0. The van der Waals surface area contributed by atoms with E-state index in [1.54, 1.807) is 12.1 Å². The SMILES string of the molecule is CC1(C)CCCc2cc3c(cc21)C(=O)c1ccccc1C3=O. The predicted octanol–water partition coefficient (Wildman–Crippen LogP) is 4.08. The van der Waals surface area contributed by atoms with Crippen LogP contribution in [0.1, 0.15) is 69.7 Å². The van der Waals surface area contributed by atoms with Gasteiger partial charge in [0, 0.05) is 22.3 Å². The van der Waals surface area contributed by atoms with E-state index in [4.69, 9.17) is 0 Å². The summed E-state index contributed by atoms with van der Waals surface area (Å²) in [6.45, 7) is 4.45. The smallest absolute Gasteiger partial charge is 0.194 e. The molecule has 0 fully saturated rings. The molecule has 0 spiro atoms. The van der Waals surface area contributed by atoms with Crippen LogP contribution in [0.2, 0.25) is 0 Å². The van der Waals surface area contributed by atoms with Crippen molar-refractivity contribution in [1.82, 2.24) is 0 Å². The summed E-state index contributed by atoms with van der Waals surface area (Å²) in [6.07, 6.45) is 3.25. The Bertz CT molecular complexity index is 828. The molecule has 2 aliphatic carbocycles. The van der Waals surface area contributed by atoms with E-state index in [0.29, 0.717) is 22.3 Å². The van der Waals surface area contributed by atoms with Gasteiger partial charge in [0.25, 0.3) is 0 Å². The molecule has 0 aliphatic heterocycles. The van der Waals surface area contributed by atoms with E-state index >= 15 is 0 Å². The fraction of sp³-hybridized carbons (Fsp3) is 0.300. The lowest BCUT2D eigenvalue weighted by Gasteiger charge is -2.34. The summed E-state index contributed by atoms with van der Waals surface area (Å²) in [5, 5.41) is 0. The van der Waals surface area contributed by atoms with Crippen LogP contribution in [0.15, 0.2) is 36.4 Å². The van der Waals surface area contributed by atoms with Crippen molar-refractivity contribution in [3.05, 3.63) is 69.8 Å². The molecule has 110 valence electrons. The van der Waals surface area contributed by atoms with Crippen molar-refractivity contribution in [2.45, 2.75) is 38.5 Å². The third-order valence-corrected chi connectivity index (χ3v) is 5.13. The highest BCUT2D eigenvalue weighted by molar-refractivity contribution is 6.28. The fourth-order valence-corrected chi connectivity index (χ4v) is 3.88. The second-order valence-corrected chi connectivity index (χ2v) is 7.00. The summed E-state index contributed by atoms with van der Waals surface area (Å²) in [5.41, 5.74) is 4.78. The second kappa shape index (κ2) is 4.39. The van der Waals surface area contributed by atoms with Crippen LogP contribution in [0.25, 0.3) is 0 Å². The summed E-state index contributed by atoms with van der Waals surface area (Å²) >= 11 is 0. The average molecular weight is 290 g/mol. The lowest BCUT2D eigenvalue weighted by atomic mass is 9.70. The number of hydrogen-bond acceptors (Lipinski definition) is 2. The van der Waals surface area contributed by atoms with Crippen LogP contribution in [0.4, 0.5) is 0 Å². The molecule has 0 saturated heterocycles. The summed E-state index contributed by atoms with van der Waals surface area (Å²) in [5.74, 6) is -0.0363. The Morgan fingerprint density at radius 2 is 1.45 bits per heavy atom. The van der Waals surface area contributed by atoms with Gasteiger partial charge in [0.2, 0.25) is 0 Å². The van der Waals surface area contributed by atoms with Crippen LogP contribution in [-0.4, -0.2) is 11.6 Å². The van der Waals surface area contributed by atoms with E-state index in [1.165, 1.54) is 11.1 Å². The molecule has 0 atom stereocenters. The van der Waals surface area contributed by atoms with Gasteiger partial charge in [-0.05, 0) is 47.9 Å². The van der Waals surface area contributed by atoms with Crippen LogP contribution in [0.3, 0.4) is 0 Å². The van der Waals surface area contributed by atoms with Crippen molar-refractivity contribution in [2.75, 3.05) is 0 Å². The molecular weight excluding hydrogens is 272 g/mol. The van der Waals surface area contributed by atoms with Gasteiger partial charge in [0.05, 0.1) is 0 Å². The van der Waals surface area contributed by atoms with Gasteiger partial charge < -0.3 is 0 Å². The van der Waals surface area contributed by atoms with Crippen molar-refractivity contribution in [3.63, 3.8) is 0 Å². The lowest BCUT2D eigenvalue weighted by molar-refractivity contribution is 0.0978. The summed E-state index contributed by atoms with van der Waals surface area (Å²) in [7, 11) is 0. The van der Waals surface area contributed by atoms with E-state index in [9.17, 15) is 9.59 Å². The average Bonchev–Trinajstić information content (AvgIpc) is 2.51. The Morgan fingerprint density at radius 3 is 2.09 bits per heavy atom. The largest absolute Gasteiger partial charge is 0.289 e. The van der Waals surface area contributed by atoms with Crippen molar-refractivity contribution >= 4 is 11.6 Å². The molecule has 0 N–H and O–H groups in total. The standard InChI is InChI=1S/C20H18O2/c1-20(2)9-5-6-12-10-15-16(11-17(12)20)19(22)14-8-4-3-7-13(14)18(15)21/h3-4,7-8,10-11H,5-6,9H2,1-2H3. The molecule has 2 heteroatoms. The number of rotatable bonds is 0. The Hall–Kier alpha value is -2.22. The van der Waals surface area contributed by atoms with Gasteiger partial charge in [-0.25, -0.2) is 0 Å². The van der Waals surface area contributed by atoms with E-state index in [2.05, 4.69) is 13.8 Å². The first-order chi connectivity index (χ1) is 10.5. The minimum atomic E-state index is -0.0191. The fourth-order valence-electron chi connectivity index (χ4n) is 3.88. The van der Waals surface area contributed by atoms with Crippen LogP contribution in [-0.2, 0) is 11.8 Å². The molecule has 0 bridgehead atoms. The first kappa shape index (κ1) is 13.4. The topological polar surface area (TPSA) is 34.1 Å². The number of fused-ring (bicyclic) bond motifs is 3. The maximum atomic E-state index is 12.8. The summed E-state index contributed by atoms with van der Waals surface area (Å²) in [6, 6.07) is 11.1. The minimum absolute atomic E-state index is 0.0172.